The lowest BCUT2D eigenvalue weighted by molar-refractivity contribution is -0.148. The molecule has 0 heterocycles. The zero-order valence-electron chi connectivity index (χ0n) is 12.3. The van der Waals surface area contributed by atoms with Gasteiger partial charge in [-0.2, -0.15) is 0 Å². The highest BCUT2D eigenvalue weighted by Gasteiger charge is 2.15. The third-order valence-electron chi connectivity index (χ3n) is 2.90. The molecule has 102 valence electrons. The van der Waals surface area contributed by atoms with Gasteiger partial charge in [-0.15, -0.1) is 0 Å². The first-order valence-electron chi connectivity index (χ1n) is 7.10. The molecule has 0 rings (SSSR count). The van der Waals surface area contributed by atoms with Crippen molar-refractivity contribution in [2.45, 2.75) is 66.7 Å². The van der Waals surface area contributed by atoms with Crippen molar-refractivity contribution >= 4 is 5.97 Å². The molecular formula is C15H30O2. The predicted octanol–water partition coefficient (Wildman–Crippen LogP) is 4.43. The summed E-state index contributed by atoms with van der Waals surface area (Å²) in [6.45, 7) is 11.3. The van der Waals surface area contributed by atoms with Crippen LogP contribution >= 0.6 is 0 Å². The van der Waals surface area contributed by atoms with Crippen LogP contribution in [0.4, 0.5) is 0 Å². The van der Waals surface area contributed by atoms with Gasteiger partial charge >= 0.3 is 5.97 Å². The summed E-state index contributed by atoms with van der Waals surface area (Å²) < 4.78 is 5.27. The van der Waals surface area contributed by atoms with E-state index < -0.39 is 0 Å². The number of hydrogen-bond acceptors (Lipinski definition) is 2. The lowest BCUT2D eigenvalue weighted by atomic mass is 9.99. The first-order valence-corrected chi connectivity index (χ1v) is 7.10. The Hall–Kier alpha value is -0.530. The van der Waals surface area contributed by atoms with E-state index in [1.807, 2.05) is 6.92 Å². The lowest BCUT2D eigenvalue weighted by Gasteiger charge is -2.13. The highest BCUT2D eigenvalue weighted by molar-refractivity contribution is 5.71. The molecule has 0 aliphatic heterocycles. The van der Waals surface area contributed by atoms with Crippen LogP contribution in [0.1, 0.15) is 66.7 Å². The molecule has 0 aliphatic carbocycles. The van der Waals surface area contributed by atoms with Gasteiger partial charge in [0.15, 0.2) is 0 Å². The minimum atomic E-state index is -0.0254. The van der Waals surface area contributed by atoms with Crippen LogP contribution in [0.15, 0.2) is 0 Å². The maximum Gasteiger partial charge on any atom is 0.308 e. The maximum atomic E-state index is 11.6. The van der Waals surface area contributed by atoms with E-state index in [-0.39, 0.29) is 11.9 Å². The first-order chi connectivity index (χ1) is 7.93. The summed E-state index contributed by atoms with van der Waals surface area (Å²) in [5.41, 5.74) is 0. The van der Waals surface area contributed by atoms with Crippen molar-refractivity contribution in [3.8, 4) is 0 Å². The second kappa shape index (κ2) is 9.49. The van der Waals surface area contributed by atoms with Gasteiger partial charge in [-0.1, -0.05) is 53.9 Å². The van der Waals surface area contributed by atoms with Crippen molar-refractivity contribution in [3.63, 3.8) is 0 Å². The number of rotatable bonds is 9. The first kappa shape index (κ1) is 16.5. The molecule has 0 fully saturated rings. The Balaban J connectivity index is 3.45. The number of unbranched alkanes of at least 4 members (excludes halogenated alkanes) is 2. The zero-order chi connectivity index (χ0) is 13.3. The molecule has 2 heteroatoms. The van der Waals surface area contributed by atoms with Gasteiger partial charge in [-0.25, -0.2) is 0 Å². The molecule has 1 atom stereocenters. The molecule has 17 heavy (non-hydrogen) atoms. The van der Waals surface area contributed by atoms with E-state index in [2.05, 4.69) is 27.7 Å². The largest absolute Gasteiger partial charge is 0.465 e. The topological polar surface area (TPSA) is 26.3 Å². The summed E-state index contributed by atoms with van der Waals surface area (Å²) in [7, 11) is 0. The van der Waals surface area contributed by atoms with Crippen LogP contribution in [0.2, 0.25) is 0 Å². The molecule has 0 aromatic heterocycles. The zero-order valence-corrected chi connectivity index (χ0v) is 12.3. The summed E-state index contributed by atoms with van der Waals surface area (Å²) >= 11 is 0. The van der Waals surface area contributed by atoms with Gasteiger partial charge in [-0.05, 0) is 24.7 Å². The van der Waals surface area contributed by atoms with E-state index in [0.717, 1.165) is 18.8 Å². The van der Waals surface area contributed by atoms with E-state index in [1.165, 1.54) is 19.3 Å². The molecular weight excluding hydrogens is 212 g/mol. The monoisotopic (exact) mass is 242 g/mol. The average molecular weight is 242 g/mol. The fourth-order valence-corrected chi connectivity index (χ4v) is 1.95. The average Bonchev–Trinajstić information content (AvgIpc) is 2.21. The molecule has 0 bridgehead atoms. The van der Waals surface area contributed by atoms with Crippen molar-refractivity contribution in [2.24, 2.45) is 17.8 Å². The smallest absolute Gasteiger partial charge is 0.308 e. The second-order valence-corrected chi connectivity index (χ2v) is 5.94. The Morgan fingerprint density at radius 3 is 2.12 bits per heavy atom. The highest BCUT2D eigenvalue weighted by atomic mass is 16.5. The van der Waals surface area contributed by atoms with E-state index in [4.69, 9.17) is 4.74 Å². The van der Waals surface area contributed by atoms with E-state index >= 15 is 0 Å². The Bertz CT molecular complexity index is 197. The standard InChI is InChI=1S/C15H30O2/c1-12(2)9-7-6-8-10-17-15(16)14(5)11-13(3)4/h12-14H,6-11H2,1-5H3. The predicted molar refractivity (Wildman–Crippen MR) is 72.9 cm³/mol. The minimum absolute atomic E-state index is 0.0254. The van der Waals surface area contributed by atoms with Crippen LogP contribution in [-0.2, 0) is 9.53 Å². The van der Waals surface area contributed by atoms with Gasteiger partial charge in [0.25, 0.3) is 0 Å². The van der Waals surface area contributed by atoms with Gasteiger partial charge in [0, 0.05) is 0 Å². The van der Waals surface area contributed by atoms with Crippen molar-refractivity contribution in [3.05, 3.63) is 0 Å². The molecule has 0 spiro atoms. The summed E-state index contributed by atoms with van der Waals surface area (Å²) in [4.78, 5) is 11.6. The second-order valence-electron chi connectivity index (χ2n) is 5.94. The summed E-state index contributed by atoms with van der Waals surface area (Å²) in [5, 5.41) is 0. The molecule has 0 saturated heterocycles. The normalized spacial score (nSPS) is 13.1. The third kappa shape index (κ3) is 10.3. The molecule has 0 aromatic rings. The quantitative estimate of drug-likeness (QED) is 0.441. The number of carbonyl (C=O) groups excluding carboxylic acids is 1. The Morgan fingerprint density at radius 1 is 0.941 bits per heavy atom. The molecule has 0 aromatic carbocycles. The van der Waals surface area contributed by atoms with Crippen molar-refractivity contribution in [1.82, 2.24) is 0 Å². The Labute approximate surface area is 107 Å². The molecule has 0 radical (unpaired) electrons. The molecule has 0 N–H and O–H groups in total. The van der Waals surface area contributed by atoms with E-state index in [0.29, 0.717) is 12.5 Å². The van der Waals surface area contributed by atoms with Crippen LogP contribution in [0.5, 0.6) is 0 Å². The molecule has 1 unspecified atom stereocenters. The van der Waals surface area contributed by atoms with Crippen molar-refractivity contribution in [1.29, 1.82) is 0 Å². The van der Waals surface area contributed by atoms with Gasteiger partial charge in [0.2, 0.25) is 0 Å². The van der Waals surface area contributed by atoms with Gasteiger partial charge in [-0.3, -0.25) is 4.79 Å². The maximum absolute atomic E-state index is 11.6. The summed E-state index contributed by atoms with van der Waals surface area (Å²) in [6, 6.07) is 0. The number of carbonyl (C=O) groups is 1. The molecule has 0 aliphatic rings. The Kier molecular flexibility index (Phi) is 9.20. The minimum Gasteiger partial charge on any atom is -0.465 e. The van der Waals surface area contributed by atoms with Crippen LogP contribution in [0, 0.1) is 17.8 Å². The summed E-state index contributed by atoms with van der Waals surface area (Å²) in [5.74, 6) is 1.36. The molecule has 0 saturated carbocycles. The SMILES string of the molecule is CC(C)CCCCCOC(=O)C(C)CC(C)C. The lowest BCUT2D eigenvalue weighted by Crippen LogP contribution is -2.17. The van der Waals surface area contributed by atoms with E-state index in [1.54, 1.807) is 0 Å². The Morgan fingerprint density at radius 2 is 1.59 bits per heavy atom. The number of hydrogen-bond donors (Lipinski definition) is 0. The fraction of sp³-hybridized carbons (Fsp3) is 0.933. The van der Waals surface area contributed by atoms with Crippen LogP contribution < -0.4 is 0 Å². The van der Waals surface area contributed by atoms with Crippen LogP contribution in [-0.4, -0.2) is 12.6 Å². The van der Waals surface area contributed by atoms with Crippen molar-refractivity contribution < 1.29 is 9.53 Å². The highest BCUT2D eigenvalue weighted by Crippen LogP contribution is 2.13. The van der Waals surface area contributed by atoms with Gasteiger partial charge in [0.1, 0.15) is 0 Å². The van der Waals surface area contributed by atoms with Gasteiger partial charge in [0.05, 0.1) is 12.5 Å². The summed E-state index contributed by atoms with van der Waals surface area (Å²) in [6.07, 6.45) is 5.62. The van der Waals surface area contributed by atoms with E-state index in [9.17, 15) is 4.79 Å². The fourth-order valence-electron chi connectivity index (χ4n) is 1.95. The van der Waals surface area contributed by atoms with Crippen LogP contribution in [0.25, 0.3) is 0 Å². The number of esters is 1. The third-order valence-corrected chi connectivity index (χ3v) is 2.90. The molecule has 2 nitrogen and oxygen atoms in total. The van der Waals surface area contributed by atoms with Gasteiger partial charge < -0.3 is 4.74 Å². The van der Waals surface area contributed by atoms with Crippen molar-refractivity contribution in [2.75, 3.05) is 6.61 Å². The molecule has 0 amide bonds. The van der Waals surface area contributed by atoms with Crippen LogP contribution in [0.3, 0.4) is 0 Å². The number of ether oxygens (including phenoxy) is 1.